The van der Waals surface area contributed by atoms with E-state index in [2.05, 4.69) is 4.98 Å². The van der Waals surface area contributed by atoms with Crippen LogP contribution >= 0.6 is 0 Å². The van der Waals surface area contributed by atoms with Crippen LogP contribution in [0.4, 0.5) is 10.2 Å². The minimum atomic E-state index is -0.857. The molecular formula is C27H23FN2O5. The Balaban J connectivity index is 1.73. The Morgan fingerprint density at radius 2 is 1.91 bits per heavy atom. The van der Waals surface area contributed by atoms with Crippen molar-refractivity contribution in [1.29, 1.82) is 0 Å². The summed E-state index contributed by atoms with van der Waals surface area (Å²) in [7, 11) is 1.52. The van der Waals surface area contributed by atoms with Crippen LogP contribution in [-0.4, -0.2) is 24.6 Å². The molecule has 1 amide bonds. The van der Waals surface area contributed by atoms with E-state index in [-0.39, 0.29) is 22.3 Å². The molecule has 7 nitrogen and oxygen atoms in total. The number of anilines is 1. The van der Waals surface area contributed by atoms with Crippen molar-refractivity contribution < 1.29 is 23.1 Å². The first-order valence-corrected chi connectivity index (χ1v) is 11.2. The van der Waals surface area contributed by atoms with Crippen LogP contribution in [0.15, 0.2) is 70.0 Å². The fraction of sp³-hybridized carbons (Fsp3) is 0.222. The molecule has 0 aliphatic carbocycles. The topological polar surface area (TPSA) is 81.9 Å². The van der Waals surface area contributed by atoms with Crippen LogP contribution in [0.1, 0.15) is 41.6 Å². The number of ether oxygens (including phenoxy) is 2. The summed E-state index contributed by atoms with van der Waals surface area (Å²) >= 11 is 0. The lowest BCUT2D eigenvalue weighted by Crippen LogP contribution is -2.30. The van der Waals surface area contributed by atoms with Crippen molar-refractivity contribution in [3.8, 4) is 11.5 Å². The number of nitrogens with zero attached hydrogens (tertiary/aromatic N) is 2. The van der Waals surface area contributed by atoms with Crippen LogP contribution in [0.2, 0.25) is 0 Å². The Hall–Kier alpha value is -4.20. The summed E-state index contributed by atoms with van der Waals surface area (Å²) in [5.74, 6) is 0.502. The van der Waals surface area contributed by atoms with E-state index in [1.54, 1.807) is 42.6 Å². The largest absolute Gasteiger partial charge is 0.493 e. The number of halogens is 1. The van der Waals surface area contributed by atoms with Crippen molar-refractivity contribution in [2.24, 2.45) is 5.92 Å². The highest BCUT2D eigenvalue weighted by Crippen LogP contribution is 2.42. The molecular weight excluding hydrogens is 451 g/mol. The predicted octanol–water partition coefficient (Wildman–Crippen LogP) is 5.12. The molecule has 1 atom stereocenters. The molecule has 3 heterocycles. The number of pyridine rings is 1. The van der Waals surface area contributed by atoms with Crippen molar-refractivity contribution in [3.05, 3.63) is 93.7 Å². The second-order valence-corrected chi connectivity index (χ2v) is 8.70. The summed E-state index contributed by atoms with van der Waals surface area (Å²) in [5.41, 5.74) is 0.382. The molecule has 1 aliphatic rings. The third-order valence-corrected chi connectivity index (χ3v) is 5.80. The number of hydrogen-bond donors (Lipinski definition) is 0. The highest BCUT2D eigenvalue weighted by Gasteiger charge is 2.44. The average molecular weight is 474 g/mol. The number of amides is 1. The van der Waals surface area contributed by atoms with Gasteiger partial charge in [0.1, 0.15) is 17.2 Å². The number of benzene rings is 2. The summed E-state index contributed by atoms with van der Waals surface area (Å²) in [6.45, 7) is 4.58. The third-order valence-electron chi connectivity index (χ3n) is 5.80. The molecule has 0 fully saturated rings. The summed E-state index contributed by atoms with van der Waals surface area (Å²) in [4.78, 5) is 32.9. The molecule has 0 N–H and O–H groups in total. The molecule has 178 valence electrons. The van der Waals surface area contributed by atoms with Crippen molar-refractivity contribution in [2.45, 2.75) is 19.9 Å². The van der Waals surface area contributed by atoms with Crippen LogP contribution in [0.3, 0.4) is 0 Å². The first-order valence-electron chi connectivity index (χ1n) is 11.2. The van der Waals surface area contributed by atoms with E-state index in [1.165, 1.54) is 24.1 Å². The van der Waals surface area contributed by atoms with Crippen molar-refractivity contribution >= 4 is 22.7 Å². The maximum Gasteiger partial charge on any atom is 0.296 e. The molecule has 0 bridgehead atoms. The molecule has 0 spiro atoms. The maximum absolute atomic E-state index is 14.0. The van der Waals surface area contributed by atoms with Gasteiger partial charge in [0.25, 0.3) is 5.91 Å². The lowest BCUT2D eigenvalue weighted by Gasteiger charge is -2.25. The van der Waals surface area contributed by atoms with Crippen LogP contribution in [0.5, 0.6) is 11.5 Å². The van der Waals surface area contributed by atoms with Gasteiger partial charge < -0.3 is 13.9 Å². The number of carbonyl (C=O) groups excluding carboxylic acids is 1. The predicted molar refractivity (Wildman–Crippen MR) is 129 cm³/mol. The first-order chi connectivity index (χ1) is 16.9. The summed E-state index contributed by atoms with van der Waals surface area (Å²) < 4.78 is 31.3. The van der Waals surface area contributed by atoms with Crippen LogP contribution < -0.4 is 19.8 Å². The molecule has 8 heteroatoms. The maximum atomic E-state index is 14.0. The molecule has 1 unspecified atom stereocenters. The molecule has 1 aliphatic heterocycles. The Morgan fingerprint density at radius 1 is 1.09 bits per heavy atom. The highest BCUT2D eigenvalue weighted by molar-refractivity contribution is 6.10. The number of carbonyl (C=O) groups is 1. The zero-order chi connectivity index (χ0) is 24.7. The zero-order valence-electron chi connectivity index (χ0n) is 19.4. The Kier molecular flexibility index (Phi) is 5.72. The van der Waals surface area contributed by atoms with Crippen molar-refractivity contribution in [2.75, 3.05) is 18.6 Å². The summed E-state index contributed by atoms with van der Waals surface area (Å²) in [6.07, 6.45) is 1.56. The van der Waals surface area contributed by atoms with Gasteiger partial charge in [0.15, 0.2) is 16.9 Å². The Labute approximate surface area is 200 Å². The van der Waals surface area contributed by atoms with Crippen molar-refractivity contribution in [3.63, 3.8) is 0 Å². The van der Waals surface area contributed by atoms with E-state index in [0.717, 1.165) is 6.07 Å². The van der Waals surface area contributed by atoms with Gasteiger partial charge in [0.05, 0.1) is 30.7 Å². The van der Waals surface area contributed by atoms with Gasteiger partial charge >= 0.3 is 0 Å². The zero-order valence-corrected chi connectivity index (χ0v) is 19.4. The van der Waals surface area contributed by atoms with Gasteiger partial charge in [-0.25, -0.2) is 9.37 Å². The van der Waals surface area contributed by atoms with Crippen LogP contribution in [0, 0.1) is 11.7 Å². The Bertz CT molecular complexity index is 1480. The molecule has 5 rings (SSSR count). The van der Waals surface area contributed by atoms with E-state index >= 15 is 0 Å². The third kappa shape index (κ3) is 3.90. The molecule has 2 aromatic heterocycles. The highest BCUT2D eigenvalue weighted by atomic mass is 19.1. The second kappa shape index (κ2) is 8.87. The quantitative estimate of drug-likeness (QED) is 0.386. The standard InChI is InChI=1S/C27H23FN2O5/c1-15(2)14-34-20-9-7-16(12-21(20)33-3)24-23-25(31)18-13-17(28)8-10-19(18)35-26(23)27(32)30(24)22-6-4-5-11-29-22/h4-13,15,24H,14H2,1-3H3. The number of methoxy groups -OCH3 is 1. The molecule has 0 saturated carbocycles. The molecule has 4 aromatic rings. The minimum Gasteiger partial charge on any atom is -0.493 e. The molecule has 0 saturated heterocycles. The van der Waals surface area contributed by atoms with Crippen LogP contribution in [-0.2, 0) is 0 Å². The van der Waals surface area contributed by atoms with Gasteiger partial charge in [-0.15, -0.1) is 0 Å². The number of aromatic nitrogens is 1. The van der Waals surface area contributed by atoms with Crippen molar-refractivity contribution in [1.82, 2.24) is 4.98 Å². The molecule has 35 heavy (non-hydrogen) atoms. The first kappa shape index (κ1) is 22.6. The Morgan fingerprint density at radius 3 is 2.63 bits per heavy atom. The normalized spacial score (nSPS) is 15.1. The monoisotopic (exact) mass is 474 g/mol. The van der Waals surface area contributed by atoms with Gasteiger partial charge in [-0.2, -0.15) is 0 Å². The van der Waals surface area contributed by atoms with E-state index in [9.17, 15) is 14.0 Å². The molecule has 2 aromatic carbocycles. The summed E-state index contributed by atoms with van der Waals surface area (Å²) in [6, 6.07) is 13.2. The molecule has 0 radical (unpaired) electrons. The second-order valence-electron chi connectivity index (χ2n) is 8.70. The van der Waals surface area contributed by atoms with Gasteiger partial charge in [0, 0.05) is 6.20 Å². The van der Waals surface area contributed by atoms with Gasteiger partial charge in [-0.1, -0.05) is 26.0 Å². The fourth-order valence-electron chi connectivity index (χ4n) is 4.22. The lowest BCUT2D eigenvalue weighted by atomic mass is 9.98. The van der Waals surface area contributed by atoms with E-state index in [4.69, 9.17) is 13.9 Å². The van der Waals surface area contributed by atoms with Crippen LogP contribution in [0.25, 0.3) is 11.0 Å². The van der Waals surface area contributed by atoms with E-state index < -0.39 is 23.2 Å². The smallest absolute Gasteiger partial charge is 0.296 e. The van der Waals surface area contributed by atoms with Gasteiger partial charge in [-0.3, -0.25) is 14.5 Å². The van der Waals surface area contributed by atoms with Gasteiger partial charge in [0.2, 0.25) is 5.76 Å². The average Bonchev–Trinajstić information content (AvgIpc) is 3.16. The van der Waals surface area contributed by atoms with E-state index in [1.807, 2.05) is 13.8 Å². The van der Waals surface area contributed by atoms with Gasteiger partial charge in [-0.05, 0) is 53.9 Å². The number of fused-ring (bicyclic) bond motifs is 2. The number of hydrogen-bond acceptors (Lipinski definition) is 6. The SMILES string of the molecule is COc1cc(C2c3c(oc4ccc(F)cc4c3=O)C(=O)N2c2ccccn2)ccc1OCC(C)C. The van der Waals surface area contributed by atoms with E-state index in [0.29, 0.717) is 35.4 Å². The lowest BCUT2D eigenvalue weighted by molar-refractivity contribution is 0.0970. The summed E-state index contributed by atoms with van der Waals surface area (Å²) in [5, 5.41) is 0.0632. The minimum absolute atomic E-state index is 0.0632. The fourth-order valence-corrected chi connectivity index (χ4v) is 4.22. The number of rotatable bonds is 6.